The van der Waals surface area contributed by atoms with Crippen LogP contribution in [0.1, 0.15) is 11.1 Å². The second kappa shape index (κ2) is 5.43. The van der Waals surface area contributed by atoms with Crippen LogP contribution in [0.3, 0.4) is 0 Å². The predicted molar refractivity (Wildman–Crippen MR) is 70.1 cm³/mol. The first-order chi connectivity index (χ1) is 9.56. The molecule has 0 atom stereocenters. The Balaban J connectivity index is 2.41. The summed E-state index contributed by atoms with van der Waals surface area (Å²) >= 11 is 0. The van der Waals surface area contributed by atoms with Crippen molar-refractivity contribution in [3.63, 3.8) is 0 Å². The van der Waals surface area contributed by atoms with Crippen molar-refractivity contribution < 1.29 is 12.6 Å². The Labute approximate surface area is 116 Å². The lowest BCUT2D eigenvalue weighted by molar-refractivity contribution is 0.486. The Morgan fingerprint density at radius 1 is 0.900 bits per heavy atom. The van der Waals surface area contributed by atoms with E-state index in [2.05, 4.69) is 0 Å². The molecule has 5 nitrogen and oxygen atoms in total. The number of hydrogen-bond acceptors (Lipinski definition) is 5. The van der Waals surface area contributed by atoms with Crippen LogP contribution in [0.5, 0.6) is 5.75 Å². The zero-order valence-corrected chi connectivity index (χ0v) is 11.0. The first-order valence-corrected chi connectivity index (χ1v) is 6.91. The lowest BCUT2D eigenvalue weighted by Gasteiger charge is -2.07. The molecule has 0 unspecified atom stereocenters. The normalized spacial score (nSPS) is 10.3. The number of para-hydroxylation sites is 1. The first kappa shape index (κ1) is 13.6. The molecule has 0 fully saturated rings. The summed E-state index contributed by atoms with van der Waals surface area (Å²) in [5, 5.41) is 17.7. The van der Waals surface area contributed by atoms with Crippen molar-refractivity contribution in [2.75, 3.05) is 0 Å². The summed E-state index contributed by atoms with van der Waals surface area (Å²) in [6.45, 7) is 0. The van der Waals surface area contributed by atoms with Crippen molar-refractivity contribution in [1.82, 2.24) is 0 Å². The minimum Gasteiger partial charge on any atom is -0.379 e. The average molecular weight is 284 g/mol. The minimum atomic E-state index is -4.03. The largest absolute Gasteiger partial charge is 0.379 e. The third-order valence-corrected chi connectivity index (χ3v) is 3.71. The predicted octanol–water partition coefficient (Wildman–Crippen LogP) is 2.20. The monoisotopic (exact) mass is 284 g/mol. The molecule has 0 aromatic heterocycles. The third kappa shape index (κ3) is 2.77. The summed E-state index contributed by atoms with van der Waals surface area (Å²) in [6, 6.07) is 15.3. The van der Waals surface area contributed by atoms with Gasteiger partial charge in [0.1, 0.15) is 22.8 Å². The van der Waals surface area contributed by atoms with Gasteiger partial charge in [-0.3, -0.25) is 0 Å². The maximum Gasteiger partial charge on any atom is 0.339 e. The van der Waals surface area contributed by atoms with Gasteiger partial charge in [0.15, 0.2) is 0 Å². The number of hydrogen-bond donors (Lipinski definition) is 0. The molecule has 0 heterocycles. The number of nitriles is 2. The lowest BCUT2D eigenvalue weighted by Crippen LogP contribution is -2.10. The maximum absolute atomic E-state index is 12.1. The fourth-order valence-corrected chi connectivity index (χ4v) is 2.48. The van der Waals surface area contributed by atoms with E-state index < -0.39 is 10.1 Å². The molecule has 0 aliphatic carbocycles. The fourth-order valence-electron chi connectivity index (χ4n) is 1.52. The van der Waals surface area contributed by atoms with Crippen LogP contribution in [0.25, 0.3) is 0 Å². The van der Waals surface area contributed by atoms with E-state index in [1.807, 2.05) is 6.07 Å². The number of rotatable bonds is 3. The first-order valence-electron chi connectivity index (χ1n) is 5.50. The molecule has 2 aromatic carbocycles. The van der Waals surface area contributed by atoms with Crippen molar-refractivity contribution in [3.05, 3.63) is 59.7 Å². The van der Waals surface area contributed by atoms with E-state index in [-0.39, 0.29) is 21.8 Å². The number of benzene rings is 2. The van der Waals surface area contributed by atoms with Crippen LogP contribution in [0.2, 0.25) is 0 Å². The molecule has 0 N–H and O–H groups in total. The van der Waals surface area contributed by atoms with Crippen molar-refractivity contribution in [2.24, 2.45) is 0 Å². The highest BCUT2D eigenvalue weighted by Gasteiger charge is 2.18. The minimum absolute atomic E-state index is 0.00904. The summed E-state index contributed by atoms with van der Waals surface area (Å²) in [5.41, 5.74) is 0.108. The summed E-state index contributed by atoms with van der Waals surface area (Å²) in [6.07, 6.45) is 0. The Morgan fingerprint density at radius 2 is 1.55 bits per heavy atom. The molecular formula is C14H8N2O3S. The van der Waals surface area contributed by atoms with E-state index in [1.54, 1.807) is 24.3 Å². The molecule has 20 heavy (non-hydrogen) atoms. The molecule has 0 bridgehead atoms. The molecular weight excluding hydrogens is 276 g/mol. The lowest BCUT2D eigenvalue weighted by atomic mass is 10.1. The van der Waals surface area contributed by atoms with Gasteiger partial charge >= 0.3 is 10.1 Å². The van der Waals surface area contributed by atoms with Crippen LogP contribution in [0, 0.1) is 22.7 Å². The smallest absolute Gasteiger partial charge is 0.339 e. The van der Waals surface area contributed by atoms with Crippen molar-refractivity contribution in [3.8, 4) is 17.9 Å². The van der Waals surface area contributed by atoms with Gasteiger partial charge in [0.05, 0.1) is 11.1 Å². The van der Waals surface area contributed by atoms with E-state index in [4.69, 9.17) is 14.7 Å². The topological polar surface area (TPSA) is 90.9 Å². The third-order valence-electron chi connectivity index (χ3n) is 2.47. The van der Waals surface area contributed by atoms with Crippen molar-refractivity contribution in [1.29, 1.82) is 10.5 Å². The maximum atomic E-state index is 12.1. The standard InChI is InChI=1S/C14H8N2O3S/c15-9-11-6-7-14(8-12(11)10-16)20(17,18)19-13-4-2-1-3-5-13/h1-8H. The van der Waals surface area contributed by atoms with Crippen LogP contribution in [-0.4, -0.2) is 8.42 Å². The van der Waals surface area contributed by atoms with E-state index >= 15 is 0 Å². The zero-order valence-electron chi connectivity index (χ0n) is 10.1. The molecule has 0 aliphatic rings. The van der Waals surface area contributed by atoms with Crippen LogP contribution in [0.15, 0.2) is 53.4 Å². The molecule has 0 spiro atoms. The van der Waals surface area contributed by atoms with Gasteiger partial charge in [-0.15, -0.1) is 0 Å². The average Bonchev–Trinajstić information content (AvgIpc) is 2.47. The molecule has 0 saturated heterocycles. The molecule has 0 aliphatic heterocycles. The second-order valence-corrected chi connectivity index (χ2v) is 5.33. The van der Waals surface area contributed by atoms with Gasteiger partial charge < -0.3 is 4.18 Å². The molecule has 2 aromatic rings. The van der Waals surface area contributed by atoms with Gasteiger partial charge in [-0.2, -0.15) is 18.9 Å². The highest BCUT2D eigenvalue weighted by Crippen LogP contribution is 2.20. The molecule has 0 amide bonds. The van der Waals surface area contributed by atoms with Crippen molar-refractivity contribution >= 4 is 10.1 Å². The van der Waals surface area contributed by atoms with Crippen LogP contribution in [-0.2, 0) is 10.1 Å². The van der Waals surface area contributed by atoms with E-state index in [1.165, 1.54) is 24.3 Å². The van der Waals surface area contributed by atoms with E-state index in [0.29, 0.717) is 0 Å². The Hall–Kier alpha value is -2.83. The molecule has 2 rings (SSSR count). The van der Waals surface area contributed by atoms with Gasteiger partial charge in [0, 0.05) is 0 Å². The SMILES string of the molecule is N#Cc1ccc(S(=O)(=O)Oc2ccccc2)cc1C#N. The Morgan fingerprint density at radius 3 is 2.15 bits per heavy atom. The molecule has 0 saturated carbocycles. The van der Waals surface area contributed by atoms with Crippen LogP contribution < -0.4 is 4.18 Å². The number of nitrogens with zero attached hydrogens (tertiary/aromatic N) is 2. The van der Waals surface area contributed by atoms with Crippen LogP contribution in [0.4, 0.5) is 0 Å². The van der Waals surface area contributed by atoms with Gasteiger partial charge in [-0.25, -0.2) is 0 Å². The summed E-state index contributed by atoms with van der Waals surface area (Å²) < 4.78 is 29.1. The van der Waals surface area contributed by atoms with Crippen molar-refractivity contribution in [2.45, 2.75) is 4.90 Å². The summed E-state index contributed by atoms with van der Waals surface area (Å²) in [5.74, 6) is 0.176. The van der Waals surface area contributed by atoms with Gasteiger partial charge in [-0.05, 0) is 30.3 Å². The molecule has 98 valence electrons. The van der Waals surface area contributed by atoms with Gasteiger partial charge in [-0.1, -0.05) is 18.2 Å². The van der Waals surface area contributed by atoms with Gasteiger partial charge in [0.25, 0.3) is 0 Å². The van der Waals surface area contributed by atoms with Crippen LogP contribution >= 0.6 is 0 Å². The molecule has 0 radical (unpaired) electrons. The summed E-state index contributed by atoms with van der Waals surface area (Å²) in [7, 11) is -4.03. The van der Waals surface area contributed by atoms with Gasteiger partial charge in [0.2, 0.25) is 0 Å². The van der Waals surface area contributed by atoms with E-state index in [0.717, 1.165) is 6.07 Å². The Kier molecular flexibility index (Phi) is 3.69. The zero-order chi connectivity index (χ0) is 14.6. The highest BCUT2D eigenvalue weighted by molar-refractivity contribution is 7.87. The summed E-state index contributed by atoms with van der Waals surface area (Å²) in [4.78, 5) is -0.170. The second-order valence-electron chi connectivity index (χ2n) is 3.78. The molecule has 6 heteroatoms. The quantitative estimate of drug-likeness (QED) is 0.806. The van der Waals surface area contributed by atoms with E-state index in [9.17, 15) is 8.42 Å². The highest BCUT2D eigenvalue weighted by atomic mass is 32.2. The Bertz CT molecular complexity index is 816. The fraction of sp³-hybridized carbons (Fsp3) is 0.